The Morgan fingerprint density at radius 2 is 0.844 bits per heavy atom. The Labute approximate surface area is 463 Å². The number of rotatable bonds is 45. The van der Waals surface area contributed by atoms with Crippen molar-refractivity contribution in [3.05, 3.63) is 158 Å². The highest BCUT2D eigenvalue weighted by molar-refractivity contribution is 5.74. The number of hydrogen-bond acceptors (Lipinski definition) is 11. The molecule has 1 aliphatic heterocycles. The van der Waals surface area contributed by atoms with Crippen LogP contribution in [0, 0.1) is 0 Å². The van der Waals surface area contributed by atoms with E-state index < -0.39 is 73.9 Å². The second-order valence-corrected chi connectivity index (χ2v) is 18.4. The lowest BCUT2D eigenvalue weighted by molar-refractivity contribution is -0.301. The number of ether oxygens (including phenoxy) is 5. The van der Waals surface area contributed by atoms with Crippen LogP contribution in [0.25, 0.3) is 0 Å². The Morgan fingerprint density at radius 1 is 0.442 bits per heavy atom. The van der Waals surface area contributed by atoms with Crippen molar-refractivity contribution in [2.75, 3.05) is 13.2 Å². The average molecular weight is 1070 g/mol. The van der Waals surface area contributed by atoms with Gasteiger partial charge in [0.05, 0.1) is 13.0 Å². The molecule has 3 N–H and O–H groups in total. The third-order valence-corrected chi connectivity index (χ3v) is 11.6. The van der Waals surface area contributed by atoms with Crippen LogP contribution in [0.5, 0.6) is 0 Å². The zero-order valence-corrected chi connectivity index (χ0v) is 46.9. The lowest BCUT2D eigenvalue weighted by Gasteiger charge is -2.40. The van der Waals surface area contributed by atoms with E-state index in [4.69, 9.17) is 23.7 Å². The van der Waals surface area contributed by atoms with Crippen LogP contribution in [0.2, 0.25) is 0 Å². The summed E-state index contributed by atoms with van der Waals surface area (Å²) in [5, 5.41) is 31.5. The average Bonchev–Trinajstić information content (AvgIpc) is 3.42. The summed E-state index contributed by atoms with van der Waals surface area (Å²) in [4.78, 5) is 51.0. The standard InChI is InChI=1S/C65H96O12/c1-4-7-10-13-16-19-22-25-27-28-29-30-32-35-38-41-44-47-50-53-59(68)76-63-61(70)60(69)62(64(71)72)77-65(63)74-55-56(75-58(67)52-49-46-43-40-37-33-24-21-18-15-12-9-6-3)54-73-57(66)51-48-45-42-39-36-34-31-26-23-20-17-14-11-8-5-2/h7-12,16-21,25-27,29-31,33,36-37,39,43,45-46,48,56,60-63,65,69-70H,4-6,13-15,22-24,28,32,34-35,38,40-42,44,47,49-55H2,1-3H3,(H,71,72)/b10-7-,11-8-,12-9-,19-16-,20-17-,21-18-,27-25-,30-29-,31-26-,37-33-,39-36-,46-43-,48-45-. The molecule has 428 valence electrons. The van der Waals surface area contributed by atoms with Gasteiger partial charge in [0.15, 0.2) is 24.6 Å². The number of carboxylic acids is 1. The highest BCUT2D eigenvalue weighted by atomic mass is 16.7. The lowest BCUT2D eigenvalue weighted by Crippen LogP contribution is -2.61. The summed E-state index contributed by atoms with van der Waals surface area (Å²) in [6.45, 7) is 5.46. The number of carboxylic acid groups (broad SMARTS) is 1. The molecule has 1 fully saturated rings. The smallest absolute Gasteiger partial charge is 0.335 e. The van der Waals surface area contributed by atoms with E-state index in [1.54, 1.807) is 6.08 Å². The summed E-state index contributed by atoms with van der Waals surface area (Å²) < 4.78 is 28.1. The summed E-state index contributed by atoms with van der Waals surface area (Å²) in [6, 6.07) is 0. The Hall–Kier alpha value is -5.66. The first-order valence-electron chi connectivity index (χ1n) is 28.5. The molecule has 1 aliphatic rings. The van der Waals surface area contributed by atoms with Crippen LogP contribution in [0.1, 0.15) is 175 Å². The largest absolute Gasteiger partial charge is 0.479 e. The molecule has 6 atom stereocenters. The van der Waals surface area contributed by atoms with Crippen molar-refractivity contribution >= 4 is 23.9 Å². The van der Waals surface area contributed by atoms with Crippen LogP contribution in [0.15, 0.2) is 158 Å². The van der Waals surface area contributed by atoms with E-state index in [0.717, 1.165) is 109 Å². The van der Waals surface area contributed by atoms with Gasteiger partial charge >= 0.3 is 23.9 Å². The highest BCUT2D eigenvalue weighted by Gasteiger charge is 2.50. The number of aliphatic carboxylic acids is 1. The summed E-state index contributed by atoms with van der Waals surface area (Å²) in [5.74, 6) is -3.45. The SMILES string of the molecule is CC/C=C\C/C=C\C/C=C\C/C=C\C/C=C\CC(=O)OCC(COC1OC(C(=O)O)C(O)C(O)C1OC(=O)CCCCCCCC/C=C\C/C=C\C/C=C\C/C=C\CC)OC(=O)CC/C=C\C/C=C\C/C=C\C/C=C\CC. The zero-order chi connectivity index (χ0) is 56.1. The van der Waals surface area contributed by atoms with Crippen molar-refractivity contribution in [3.63, 3.8) is 0 Å². The molecule has 6 unspecified atom stereocenters. The molecule has 0 aliphatic carbocycles. The van der Waals surface area contributed by atoms with Gasteiger partial charge in [-0.15, -0.1) is 0 Å². The summed E-state index contributed by atoms with van der Waals surface area (Å²) in [6.07, 6.45) is 62.6. The van der Waals surface area contributed by atoms with E-state index in [0.29, 0.717) is 25.7 Å². The molecule has 0 spiro atoms. The fourth-order valence-corrected chi connectivity index (χ4v) is 7.38. The second-order valence-electron chi connectivity index (χ2n) is 18.4. The van der Waals surface area contributed by atoms with Crippen LogP contribution in [0.4, 0.5) is 0 Å². The van der Waals surface area contributed by atoms with Crippen molar-refractivity contribution in [2.45, 2.75) is 212 Å². The first-order valence-corrected chi connectivity index (χ1v) is 28.5. The predicted octanol–water partition coefficient (Wildman–Crippen LogP) is 14.6. The normalized spacial score (nSPS) is 19.2. The maximum Gasteiger partial charge on any atom is 0.335 e. The molecule has 0 aromatic rings. The zero-order valence-electron chi connectivity index (χ0n) is 46.9. The minimum absolute atomic E-state index is 0.0108. The molecule has 1 rings (SSSR count). The van der Waals surface area contributed by atoms with Crippen LogP contribution in [-0.4, -0.2) is 89.2 Å². The topological polar surface area (TPSA) is 175 Å². The van der Waals surface area contributed by atoms with E-state index >= 15 is 0 Å². The number of carbonyl (C=O) groups is 4. The molecule has 0 bridgehead atoms. The van der Waals surface area contributed by atoms with E-state index in [-0.39, 0.29) is 19.3 Å². The van der Waals surface area contributed by atoms with E-state index in [9.17, 15) is 34.5 Å². The van der Waals surface area contributed by atoms with E-state index in [2.05, 4.69) is 136 Å². The van der Waals surface area contributed by atoms with Gasteiger partial charge in [0.2, 0.25) is 0 Å². The molecular formula is C65H96O12. The van der Waals surface area contributed by atoms with Gasteiger partial charge in [0.25, 0.3) is 0 Å². The first kappa shape index (κ1) is 69.4. The van der Waals surface area contributed by atoms with Gasteiger partial charge in [-0.05, 0) is 109 Å². The number of unbranched alkanes of at least 4 members (excludes halogenated alkanes) is 6. The van der Waals surface area contributed by atoms with Crippen molar-refractivity contribution in [2.24, 2.45) is 0 Å². The molecule has 0 aromatic heterocycles. The number of carbonyl (C=O) groups excluding carboxylic acids is 3. The van der Waals surface area contributed by atoms with Crippen molar-refractivity contribution in [1.29, 1.82) is 0 Å². The Balaban J connectivity index is 2.79. The van der Waals surface area contributed by atoms with Crippen molar-refractivity contribution in [1.82, 2.24) is 0 Å². The van der Waals surface area contributed by atoms with Gasteiger partial charge in [-0.1, -0.05) is 204 Å². The molecular weight excluding hydrogens is 973 g/mol. The quantitative estimate of drug-likeness (QED) is 0.0228. The number of aliphatic hydroxyl groups is 2. The van der Waals surface area contributed by atoms with Crippen LogP contribution in [0.3, 0.4) is 0 Å². The van der Waals surface area contributed by atoms with Gasteiger partial charge < -0.3 is 39.0 Å². The highest BCUT2D eigenvalue weighted by Crippen LogP contribution is 2.26. The predicted molar refractivity (Wildman–Crippen MR) is 312 cm³/mol. The maximum atomic E-state index is 13.1. The van der Waals surface area contributed by atoms with Crippen molar-refractivity contribution < 1.29 is 58.2 Å². The maximum absolute atomic E-state index is 13.1. The molecule has 12 nitrogen and oxygen atoms in total. The molecule has 77 heavy (non-hydrogen) atoms. The Morgan fingerprint density at radius 3 is 1.30 bits per heavy atom. The lowest BCUT2D eigenvalue weighted by atomic mass is 9.98. The third kappa shape index (κ3) is 41.2. The van der Waals surface area contributed by atoms with E-state index in [1.807, 2.05) is 36.5 Å². The fourth-order valence-electron chi connectivity index (χ4n) is 7.38. The van der Waals surface area contributed by atoms with Gasteiger partial charge in [0, 0.05) is 12.8 Å². The van der Waals surface area contributed by atoms with Gasteiger partial charge in [-0.3, -0.25) is 14.4 Å². The number of allylic oxidation sites excluding steroid dienone is 25. The third-order valence-electron chi connectivity index (χ3n) is 11.6. The summed E-state index contributed by atoms with van der Waals surface area (Å²) in [5.41, 5.74) is 0. The Bertz CT molecular complexity index is 1940. The van der Waals surface area contributed by atoms with Crippen molar-refractivity contribution in [3.8, 4) is 0 Å². The molecule has 1 saturated heterocycles. The number of hydrogen-bond donors (Lipinski definition) is 3. The monoisotopic (exact) mass is 1070 g/mol. The summed E-state index contributed by atoms with van der Waals surface area (Å²) >= 11 is 0. The number of esters is 3. The van der Waals surface area contributed by atoms with E-state index in [1.165, 1.54) is 0 Å². The second kappa shape index (κ2) is 51.1. The minimum Gasteiger partial charge on any atom is -0.479 e. The molecule has 0 aromatic carbocycles. The van der Waals surface area contributed by atoms with Crippen LogP contribution in [-0.2, 0) is 42.9 Å². The van der Waals surface area contributed by atoms with Gasteiger partial charge in [0.1, 0.15) is 18.8 Å². The summed E-state index contributed by atoms with van der Waals surface area (Å²) in [7, 11) is 0. The molecule has 12 heteroatoms. The minimum atomic E-state index is -1.94. The molecule has 1 heterocycles. The number of aliphatic hydroxyl groups excluding tert-OH is 2. The van der Waals surface area contributed by atoms with Crippen LogP contribution < -0.4 is 0 Å². The molecule has 0 saturated carbocycles. The van der Waals surface area contributed by atoms with Gasteiger partial charge in [-0.2, -0.15) is 0 Å². The van der Waals surface area contributed by atoms with Crippen LogP contribution >= 0.6 is 0 Å². The van der Waals surface area contributed by atoms with Gasteiger partial charge in [-0.25, -0.2) is 4.79 Å². The fraction of sp³-hybridized carbons (Fsp3) is 0.538. The Kier molecular flexibility index (Phi) is 46.0. The molecule has 0 radical (unpaired) electrons. The first-order chi connectivity index (χ1) is 37.6. The molecule has 0 amide bonds.